The van der Waals surface area contributed by atoms with Gasteiger partial charge in [-0.25, -0.2) is 0 Å². The quantitative estimate of drug-likeness (QED) is 0.805. The van der Waals surface area contributed by atoms with E-state index in [-0.39, 0.29) is 11.3 Å². The van der Waals surface area contributed by atoms with Crippen LogP contribution in [0.5, 0.6) is 11.5 Å². The Morgan fingerprint density at radius 1 is 1.05 bits per heavy atom. The first-order chi connectivity index (χ1) is 10.7. The molecule has 0 fully saturated rings. The number of aryl methyl sites for hydroxylation is 1. The van der Waals surface area contributed by atoms with E-state index in [2.05, 4.69) is 0 Å². The van der Waals surface area contributed by atoms with Crippen LogP contribution in [0.4, 0.5) is 0 Å². The molecule has 4 heteroatoms. The van der Waals surface area contributed by atoms with Crippen molar-refractivity contribution in [2.24, 2.45) is 7.05 Å². The summed E-state index contributed by atoms with van der Waals surface area (Å²) in [6.07, 6.45) is 0.359. The monoisotopic (exact) mass is 295 g/mol. The topological polar surface area (TPSA) is 51.5 Å². The maximum Gasteiger partial charge on any atom is 0.257 e. The molecule has 0 saturated carbocycles. The lowest BCUT2D eigenvalue weighted by molar-refractivity contribution is 0.319. The van der Waals surface area contributed by atoms with Crippen molar-refractivity contribution in [3.8, 4) is 11.5 Å². The van der Waals surface area contributed by atoms with Gasteiger partial charge in [0, 0.05) is 18.9 Å². The number of nitrogens with zero attached hydrogens (tertiary/aromatic N) is 1. The highest BCUT2D eigenvalue weighted by atomic mass is 16.5. The van der Waals surface area contributed by atoms with Gasteiger partial charge in [0.05, 0.1) is 17.7 Å². The van der Waals surface area contributed by atoms with Crippen molar-refractivity contribution in [2.45, 2.75) is 6.42 Å². The molecule has 112 valence electrons. The fraction of sp³-hybridized carbons (Fsp3) is 0.167. The molecule has 0 radical (unpaired) electrons. The molecule has 3 aromatic rings. The van der Waals surface area contributed by atoms with E-state index in [4.69, 9.17) is 4.74 Å². The summed E-state index contributed by atoms with van der Waals surface area (Å²) in [5.74, 6) is 0.801. The van der Waals surface area contributed by atoms with E-state index in [1.165, 1.54) is 0 Å². The zero-order chi connectivity index (χ0) is 15.5. The Bertz CT molecular complexity index is 853. The van der Waals surface area contributed by atoms with Crippen LogP contribution in [0.25, 0.3) is 10.9 Å². The van der Waals surface area contributed by atoms with E-state index in [1.54, 1.807) is 11.6 Å². The summed E-state index contributed by atoms with van der Waals surface area (Å²) in [6, 6.07) is 16.7. The van der Waals surface area contributed by atoms with Crippen LogP contribution in [-0.2, 0) is 13.5 Å². The smallest absolute Gasteiger partial charge is 0.257 e. The number of ether oxygens (including phenoxy) is 1. The molecule has 1 aromatic heterocycles. The third kappa shape index (κ3) is 2.55. The van der Waals surface area contributed by atoms with Crippen LogP contribution in [0.3, 0.4) is 0 Å². The number of hydrogen-bond donors (Lipinski definition) is 1. The Morgan fingerprint density at radius 2 is 1.73 bits per heavy atom. The first-order valence-corrected chi connectivity index (χ1v) is 7.16. The normalized spacial score (nSPS) is 10.8. The number of para-hydroxylation sites is 2. The fourth-order valence-electron chi connectivity index (χ4n) is 2.56. The number of pyridine rings is 1. The second-order valence-corrected chi connectivity index (χ2v) is 5.12. The summed E-state index contributed by atoms with van der Waals surface area (Å²) < 4.78 is 7.18. The van der Waals surface area contributed by atoms with Crippen molar-refractivity contribution < 1.29 is 9.84 Å². The summed E-state index contributed by atoms with van der Waals surface area (Å²) in [6.45, 7) is 0.338. The van der Waals surface area contributed by atoms with Gasteiger partial charge in [-0.3, -0.25) is 4.79 Å². The molecular weight excluding hydrogens is 278 g/mol. The van der Waals surface area contributed by atoms with Crippen LogP contribution < -0.4 is 10.3 Å². The van der Waals surface area contributed by atoms with E-state index < -0.39 is 0 Å². The van der Waals surface area contributed by atoms with Gasteiger partial charge in [-0.15, -0.1) is 0 Å². The molecule has 0 bridgehead atoms. The predicted molar refractivity (Wildman–Crippen MR) is 86.5 cm³/mol. The minimum atomic E-state index is -0.187. The molecule has 0 aliphatic carbocycles. The van der Waals surface area contributed by atoms with Crippen LogP contribution in [0.15, 0.2) is 59.4 Å². The summed E-state index contributed by atoms with van der Waals surface area (Å²) in [4.78, 5) is 12.4. The Hall–Kier alpha value is -2.75. The molecule has 2 aromatic carbocycles. The molecule has 0 saturated heterocycles. The second kappa shape index (κ2) is 5.93. The van der Waals surface area contributed by atoms with Gasteiger partial charge in [0.2, 0.25) is 0 Å². The Balaban J connectivity index is 1.89. The van der Waals surface area contributed by atoms with Crippen molar-refractivity contribution in [3.63, 3.8) is 0 Å². The lowest BCUT2D eigenvalue weighted by Crippen LogP contribution is -2.23. The summed E-state index contributed by atoms with van der Waals surface area (Å²) in [5, 5.41) is 11.1. The lowest BCUT2D eigenvalue weighted by atomic mass is 10.1. The van der Waals surface area contributed by atoms with Gasteiger partial charge in [0.25, 0.3) is 5.56 Å². The maximum absolute atomic E-state index is 12.4. The Labute approximate surface area is 128 Å². The molecule has 1 N–H and O–H groups in total. The average molecular weight is 295 g/mol. The van der Waals surface area contributed by atoms with Crippen molar-refractivity contribution >= 4 is 10.9 Å². The van der Waals surface area contributed by atoms with Crippen molar-refractivity contribution in [2.75, 3.05) is 6.61 Å². The van der Waals surface area contributed by atoms with E-state index in [9.17, 15) is 9.90 Å². The van der Waals surface area contributed by atoms with Gasteiger partial charge in [0.15, 0.2) is 0 Å². The highest BCUT2D eigenvalue weighted by Gasteiger charge is 2.14. The highest BCUT2D eigenvalue weighted by Crippen LogP contribution is 2.26. The molecule has 4 nitrogen and oxygen atoms in total. The summed E-state index contributed by atoms with van der Waals surface area (Å²) in [7, 11) is 1.71. The zero-order valence-corrected chi connectivity index (χ0v) is 12.3. The van der Waals surface area contributed by atoms with E-state index in [0.717, 1.165) is 11.3 Å². The molecule has 0 spiro atoms. The van der Waals surface area contributed by atoms with Gasteiger partial charge in [-0.2, -0.15) is 0 Å². The van der Waals surface area contributed by atoms with Gasteiger partial charge in [-0.05, 0) is 24.3 Å². The molecule has 1 heterocycles. The van der Waals surface area contributed by atoms with Crippen molar-refractivity contribution in [1.82, 2.24) is 4.57 Å². The number of benzene rings is 2. The van der Waals surface area contributed by atoms with Crippen LogP contribution >= 0.6 is 0 Å². The van der Waals surface area contributed by atoms with Gasteiger partial charge in [-0.1, -0.05) is 30.3 Å². The van der Waals surface area contributed by atoms with Gasteiger partial charge >= 0.3 is 0 Å². The molecule has 3 rings (SSSR count). The summed E-state index contributed by atoms with van der Waals surface area (Å²) in [5.41, 5.74) is 0.919. The molecule has 22 heavy (non-hydrogen) atoms. The molecule has 0 unspecified atom stereocenters. The Morgan fingerprint density at radius 3 is 2.50 bits per heavy atom. The van der Waals surface area contributed by atoms with Crippen LogP contribution in [0.1, 0.15) is 5.56 Å². The van der Waals surface area contributed by atoms with E-state index in [0.29, 0.717) is 24.0 Å². The first-order valence-electron chi connectivity index (χ1n) is 7.16. The third-order valence-corrected chi connectivity index (χ3v) is 3.73. The minimum absolute atomic E-state index is 0.0513. The standard InChI is InChI=1S/C18H17NO3/c1-19-16-10-6-5-9-14(16)17(20)15(18(19)21)11-12-22-13-7-3-2-4-8-13/h2-10,20H,11-12H2,1H3. The lowest BCUT2D eigenvalue weighted by Gasteiger charge is -2.12. The molecule has 0 amide bonds. The highest BCUT2D eigenvalue weighted by molar-refractivity contribution is 5.86. The number of rotatable bonds is 4. The number of hydrogen-bond acceptors (Lipinski definition) is 3. The molecule has 0 atom stereocenters. The number of aromatic nitrogens is 1. The Kier molecular flexibility index (Phi) is 3.83. The van der Waals surface area contributed by atoms with E-state index in [1.807, 2.05) is 54.6 Å². The molecule has 0 aliphatic heterocycles. The van der Waals surface area contributed by atoms with Crippen LogP contribution in [-0.4, -0.2) is 16.3 Å². The maximum atomic E-state index is 12.4. The minimum Gasteiger partial charge on any atom is -0.507 e. The van der Waals surface area contributed by atoms with Gasteiger partial charge < -0.3 is 14.4 Å². The largest absolute Gasteiger partial charge is 0.507 e. The van der Waals surface area contributed by atoms with Crippen molar-refractivity contribution in [3.05, 3.63) is 70.5 Å². The molecule has 0 aliphatic rings. The van der Waals surface area contributed by atoms with Gasteiger partial charge in [0.1, 0.15) is 11.5 Å². The first kappa shape index (κ1) is 14.2. The van der Waals surface area contributed by atoms with Crippen LogP contribution in [0.2, 0.25) is 0 Å². The summed E-state index contributed by atoms with van der Waals surface area (Å²) >= 11 is 0. The fourth-order valence-corrected chi connectivity index (χ4v) is 2.56. The second-order valence-electron chi connectivity index (χ2n) is 5.12. The SMILES string of the molecule is Cn1c(=O)c(CCOc2ccccc2)c(O)c2ccccc21. The van der Waals surface area contributed by atoms with Crippen molar-refractivity contribution in [1.29, 1.82) is 0 Å². The number of fused-ring (bicyclic) bond motifs is 1. The molecular formula is C18H17NO3. The van der Waals surface area contributed by atoms with Crippen LogP contribution in [0, 0.1) is 0 Å². The average Bonchev–Trinajstić information content (AvgIpc) is 2.57. The number of aromatic hydroxyl groups is 1. The predicted octanol–water partition coefficient (Wildman–Crippen LogP) is 2.87. The third-order valence-electron chi connectivity index (χ3n) is 3.73. The van der Waals surface area contributed by atoms with E-state index >= 15 is 0 Å². The zero-order valence-electron chi connectivity index (χ0n) is 12.3.